The summed E-state index contributed by atoms with van der Waals surface area (Å²) in [6.45, 7) is 3.49. The number of fused-ring (bicyclic) bond motifs is 3. The molecule has 386 valence electrons. The number of phenols is 1. The van der Waals surface area contributed by atoms with E-state index in [4.69, 9.17) is 9.47 Å². The first kappa shape index (κ1) is 52.4. The van der Waals surface area contributed by atoms with Crippen LogP contribution in [0.4, 0.5) is 4.79 Å². The maximum Gasteiger partial charge on any atom is 0.407 e. The van der Waals surface area contributed by atoms with Crippen LogP contribution >= 0.6 is 0 Å². The number of ketones is 3. The van der Waals surface area contributed by atoms with Gasteiger partial charge < -0.3 is 30.3 Å². The summed E-state index contributed by atoms with van der Waals surface area (Å²) in [5.74, 6) is -3.52. The second-order valence-corrected chi connectivity index (χ2v) is 19.3. The first-order valence-electron chi connectivity index (χ1n) is 25.4. The topological polar surface area (TPSA) is 185 Å². The van der Waals surface area contributed by atoms with Gasteiger partial charge in [-0.3, -0.25) is 19.2 Å². The fourth-order valence-corrected chi connectivity index (χ4v) is 10.1. The van der Waals surface area contributed by atoms with Crippen LogP contribution in [0, 0.1) is 0 Å². The monoisotopic (exact) mass is 1020 g/mol. The number of aromatic carboxylic acids is 1. The number of nitrogens with one attached hydrogen (secondary N) is 2. The highest BCUT2D eigenvalue weighted by atomic mass is 16.5. The third-order valence-electron chi connectivity index (χ3n) is 13.8. The van der Waals surface area contributed by atoms with Crippen molar-refractivity contribution in [3.8, 4) is 22.6 Å². The highest BCUT2D eigenvalue weighted by Crippen LogP contribution is 2.45. The number of carboxylic acids is 1. The van der Waals surface area contributed by atoms with Crippen molar-refractivity contribution in [1.29, 1.82) is 0 Å². The lowest BCUT2D eigenvalue weighted by Gasteiger charge is -2.37. The molecule has 1 aliphatic carbocycles. The lowest BCUT2D eigenvalue weighted by molar-refractivity contribution is -0.127. The summed E-state index contributed by atoms with van der Waals surface area (Å²) in [6.07, 6.45) is -2.25. The Labute approximate surface area is 446 Å². The number of carboxylic acid groups (broad SMARTS) is 1. The fraction of sp³-hybridized carbons (Fsp3) is 0.169. The smallest absolute Gasteiger partial charge is 0.407 e. The minimum absolute atomic E-state index is 0.00447. The van der Waals surface area contributed by atoms with Crippen LogP contribution in [-0.2, 0) is 39.1 Å². The van der Waals surface area contributed by atoms with Crippen molar-refractivity contribution in [3.05, 3.63) is 261 Å². The number of alkyl carbamates (subject to hydrolysis) is 1. The summed E-state index contributed by atoms with van der Waals surface area (Å²) in [5.41, 5.74) is 7.06. The van der Waals surface area contributed by atoms with Gasteiger partial charge in [0.15, 0.2) is 28.8 Å². The zero-order valence-electron chi connectivity index (χ0n) is 42.5. The van der Waals surface area contributed by atoms with Crippen LogP contribution in [0.25, 0.3) is 11.1 Å². The molecular formula is C65H56N2O10. The number of rotatable bonds is 21. The summed E-state index contributed by atoms with van der Waals surface area (Å²) >= 11 is 0. The van der Waals surface area contributed by atoms with Gasteiger partial charge in [0.25, 0.3) is 0 Å². The van der Waals surface area contributed by atoms with Crippen molar-refractivity contribution in [3.63, 3.8) is 0 Å². The van der Waals surface area contributed by atoms with Gasteiger partial charge >= 0.3 is 12.1 Å². The molecule has 0 spiro atoms. The van der Waals surface area contributed by atoms with Crippen molar-refractivity contribution < 1.29 is 48.5 Å². The lowest BCUT2D eigenvalue weighted by Crippen LogP contribution is -2.51. The molecule has 4 N–H and O–H groups in total. The maximum atomic E-state index is 14.7. The number of aromatic hydroxyl groups is 1. The van der Waals surface area contributed by atoms with Crippen LogP contribution in [-0.4, -0.2) is 64.3 Å². The molecule has 0 bridgehead atoms. The number of hydrogen-bond donors (Lipinski definition) is 4. The number of phenolic OH excluding ortho intramolecular Hbond substituents is 1. The summed E-state index contributed by atoms with van der Waals surface area (Å²) in [7, 11) is 0. The molecule has 1 atom stereocenters. The van der Waals surface area contributed by atoms with Crippen molar-refractivity contribution in [2.45, 2.75) is 63.1 Å². The van der Waals surface area contributed by atoms with Crippen molar-refractivity contribution in [2.75, 3.05) is 6.61 Å². The fourth-order valence-electron chi connectivity index (χ4n) is 10.1. The van der Waals surface area contributed by atoms with Gasteiger partial charge in [0.05, 0.1) is 29.7 Å². The molecule has 2 amide bonds. The molecule has 8 aromatic rings. The molecule has 0 unspecified atom stereocenters. The van der Waals surface area contributed by atoms with Crippen LogP contribution in [0.15, 0.2) is 200 Å². The predicted molar refractivity (Wildman–Crippen MR) is 292 cm³/mol. The molecule has 12 heteroatoms. The van der Waals surface area contributed by atoms with E-state index in [2.05, 4.69) is 10.6 Å². The quantitative estimate of drug-likeness (QED) is 0.0399. The number of ether oxygens (including phenoxy) is 2. The van der Waals surface area contributed by atoms with E-state index in [0.717, 1.165) is 38.9 Å². The van der Waals surface area contributed by atoms with Crippen molar-refractivity contribution in [1.82, 2.24) is 10.6 Å². The van der Waals surface area contributed by atoms with E-state index in [0.29, 0.717) is 22.3 Å². The third kappa shape index (κ3) is 11.8. The minimum Gasteiger partial charge on any atom is -0.504 e. The van der Waals surface area contributed by atoms with Gasteiger partial charge in [-0.2, -0.15) is 0 Å². The summed E-state index contributed by atoms with van der Waals surface area (Å²) in [5, 5.41) is 26.7. The van der Waals surface area contributed by atoms with Crippen LogP contribution in [0.1, 0.15) is 102 Å². The largest absolute Gasteiger partial charge is 0.504 e. The summed E-state index contributed by atoms with van der Waals surface area (Å²) in [6, 6.07) is 58.5. The van der Waals surface area contributed by atoms with E-state index in [1.165, 1.54) is 30.3 Å². The van der Waals surface area contributed by atoms with E-state index in [-0.39, 0.29) is 54.4 Å². The summed E-state index contributed by atoms with van der Waals surface area (Å²) in [4.78, 5) is 81.9. The average Bonchev–Trinajstić information content (AvgIpc) is 3.79. The highest BCUT2D eigenvalue weighted by Gasteiger charge is 2.39. The molecule has 0 aliphatic heterocycles. The van der Waals surface area contributed by atoms with E-state index in [1.807, 2.05) is 140 Å². The van der Waals surface area contributed by atoms with Gasteiger partial charge in [-0.1, -0.05) is 182 Å². The lowest BCUT2D eigenvalue weighted by atomic mass is 9.77. The van der Waals surface area contributed by atoms with Crippen LogP contribution < -0.4 is 15.4 Å². The average molecular weight is 1030 g/mol. The van der Waals surface area contributed by atoms with Crippen molar-refractivity contribution in [2.24, 2.45) is 0 Å². The third-order valence-corrected chi connectivity index (χ3v) is 13.8. The van der Waals surface area contributed by atoms with Gasteiger partial charge in [-0.25, -0.2) is 9.59 Å². The van der Waals surface area contributed by atoms with E-state index in [9.17, 15) is 39.0 Å². The maximum absolute atomic E-state index is 14.7. The van der Waals surface area contributed by atoms with Gasteiger partial charge in [0.1, 0.15) is 12.1 Å². The molecular weight excluding hydrogens is 969 g/mol. The Morgan fingerprint density at radius 2 is 1.05 bits per heavy atom. The summed E-state index contributed by atoms with van der Waals surface area (Å²) < 4.78 is 11.9. The van der Waals surface area contributed by atoms with E-state index < -0.39 is 59.4 Å². The van der Waals surface area contributed by atoms with Gasteiger partial charge in [0.2, 0.25) is 5.91 Å². The van der Waals surface area contributed by atoms with Crippen LogP contribution in [0.2, 0.25) is 0 Å². The molecule has 1 aliphatic rings. The molecule has 9 rings (SSSR count). The standard InChI is InChI=1S/C65H56N2O10/c1-41(2)77-62-46(34-35-54(61(62)72)58(69)36-42-28-32-45(33-29-42)63(73)74)38-57(68)44-30-26-43(27-31-44)37-59(70)56(66-64(75)76-40-55-52-24-14-12-22-50(52)51-23-13-15-25-53(51)55)39-60(71)67-65(47-16-6-3-7-17-47,48-18-8-4-9-19-48)49-20-10-5-11-21-49/h3-35,41,55-56,72H,36-40H2,1-2H3,(H,66,75)(H,67,71)(H,73,74)/t56-/m0/s1. The second kappa shape index (κ2) is 23.4. The minimum atomic E-state index is -1.34. The number of hydrogen-bond acceptors (Lipinski definition) is 9. The van der Waals surface area contributed by atoms with Gasteiger partial charge in [0, 0.05) is 36.3 Å². The predicted octanol–water partition coefficient (Wildman–Crippen LogP) is 11.2. The highest BCUT2D eigenvalue weighted by molar-refractivity contribution is 6.02. The molecule has 12 nitrogen and oxygen atoms in total. The van der Waals surface area contributed by atoms with Crippen molar-refractivity contribution >= 4 is 35.3 Å². The van der Waals surface area contributed by atoms with Crippen LogP contribution in [0.3, 0.4) is 0 Å². The number of benzene rings is 8. The Morgan fingerprint density at radius 1 is 0.558 bits per heavy atom. The Kier molecular flexibility index (Phi) is 15.9. The van der Waals surface area contributed by atoms with Crippen LogP contribution in [0.5, 0.6) is 11.5 Å². The number of carbonyl (C=O) groups excluding carboxylic acids is 5. The molecule has 0 saturated heterocycles. The molecule has 0 saturated carbocycles. The molecule has 0 heterocycles. The molecule has 77 heavy (non-hydrogen) atoms. The Morgan fingerprint density at radius 3 is 1.57 bits per heavy atom. The van der Waals surface area contributed by atoms with E-state index >= 15 is 0 Å². The second-order valence-electron chi connectivity index (χ2n) is 19.3. The van der Waals surface area contributed by atoms with E-state index in [1.54, 1.807) is 44.2 Å². The Hall–Kier alpha value is -9.42. The zero-order valence-corrected chi connectivity index (χ0v) is 42.5. The SMILES string of the molecule is CC(C)Oc1c(CC(=O)c2ccc(CC(=O)[C@H](CC(=O)NC(c3ccccc3)(c3ccccc3)c3ccccc3)NC(=O)OCC3c4ccccc4-c4ccccc43)cc2)ccc(C(=O)Cc2ccc(C(=O)O)cc2)c1O. The molecule has 0 aromatic heterocycles. The first-order valence-corrected chi connectivity index (χ1v) is 25.4. The zero-order chi connectivity index (χ0) is 54.1. The number of carbonyl (C=O) groups is 6. The molecule has 0 radical (unpaired) electrons. The Balaban J connectivity index is 0.943. The Bertz CT molecular complexity index is 3310. The van der Waals surface area contributed by atoms with Gasteiger partial charge in [-0.15, -0.1) is 0 Å². The first-order chi connectivity index (χ1) is 37.3. The number of amides is 2. The molecule has 8 aromatic carbocycles. The molecule has 0 fully saturated rings. The number of Topliss-reactive ketones (excluding diaryl/α,β-unsaturated/α-hetero) is 3. The normalized spacial score (nSPS) is 12.2. The van der Waals surface area contributed by atoms with Gasteiger partial charge in [-0.05, 0) is 82.1 Å².